The highest BCUT2D eigenvalue weighted by atomic mass is 16.4. The number of pyridine rings is 1. The first-order chi connectivity index (χ1) is 9.00. The number of urea groups is 1. The van der Waals surface area contributed by atoms with Crippen molar-refractivity contribution < 1.29 is 14.7 Å². The molecule has 0 radical (unpaired) electrons. The second-order valence-corrected chi connectivity index (χ2v) is 4.57. The van der Waals surface area contributed by atoms with E-state index in [0.717, 1.165) is 0 Å². The minimum Gasteiger partial charge on any atom is -0.478 e. The van der Waals surface area contributed by atoms with Gasteiger partial charge in [0.25, 0.3) is 0 Å². The predicted octanol–water partition coefficient (Wildman–Crippen LogP) is 1.43. The molecule has 2 amide bonds. The van der Waals surface area contributed by atoms with E-state index in [1.165, 1.54) is 0 Å². The number of amides is 2. The van der Waals surface area contributed by atoms with Crippen molar-refractivity contribution in [3.05, 3.63) is 41.4 Å². The van der Waals surface area contributed by atoms with Crippen LogP contribution in [0, 0.1) is 5.92 Å². The van der Waals surface area contributed by atoms with Crippen molar-refractivity contribution in [3.8, 4) is 0 Å². The van der Waals surface area contributed by atoms with Gasteiger partial charge < -0.3 is 15.7 Å². The standard InChI is InChI=1S/C13H15N3O3/c1-7(2)10-9(12(17)18)11(16-13(19)15-10)8-5-3-4-6-14-8/h3-7,11H,1-2H3,(H,17,18)(H2,15,16,19). The number of rotatable bonds is 3. The summed E-state index contributed by atoms with van der Waals surface area (Å²) in [6.07, 6.45) is 1.57. The van der Waals surface area contributed by atoms with E-state index < -0.39 is 18.0 Å². The van der Waals surface area contributed by atoms with Crippen molar-refractivity contribution in [2.45, 2.75) is 19.9 Å². The Bertz CT molecular complexity index is 537. The molecule has 1 aliphatic rings. The molecule has 0 aromatic carbocycles. The number of carbonyl (C=O) groups is 2. The molecule has 0 bridgehead atoms. The lowest BCUT2D eigenvalue weighted by Crippen LogP contribution is -2.47. The molecule has 1 aromatic rings. The number of carboxylic acid groups (broad SMARTS) is 1. The molecule has 1 unspecified atom stereocenters. The summed E-state index contributed by atoms with van der Waals surface area (Å²) in [5, 5.41) is 14.6. The van der Waals surface area contributed by atoms with E-state index in [0.29, 0.717) is 11.4 Å². The molecular weight excluding hydrogens is 246 g/mol. The average molecular weight is 261 g/mol. The third-order valence-corrected chi connectivity index (χ3v) is 2.89. The Balaban J connectivity index is 2.54. The van der Waals surface area contributed by atoms with Crippen molar-refractivity contribution in [1.82, 2.24) is 15.6 Å². The van der Waals surface area contributed by atoms with Gasteiger partial charge in [0, 0.05) is 11.9 Å². The number of hydrogen-bond acceptors (Lipinski definition) is 3. The second-order valence-electron chi connectivity index (χ2n) is 4.57. The number of aliphatic carboxylic acids is 1. The number of nitrogens with one attached hydrogen (secondary N) is 2. The van der Waals surface area contributed by atoms with E-state index in [2.05, 4.69) is 15.6 Å². The van der Waals surface area contributed by atoms with E-state index in [9.17, 15) is 14.7 Å². The van der Waals surface area contributed by atoms with Crippen LogP contribution < -0.4 is 10.6 Å². The van der Waals surface area contributed by atoms with E-state index >= 15 is 0 Å². The Morgan fingerprint density at radius 1 is 1.42 bits per heavy atom. The molecule has 1 aromatic heterocycles. The maximum atomic E-state index is 11.7. The Morgan fingerprint density at radius 3 is 2.68 bits per heavy atom. The van der Waals surface area contributed by atoms with Gasteiger partial charge >= 0.3 is 12.0 Å². The summed E-state index contributed by atoms with van der Waals surface area (Å²) >= 11 is 0. The summed E-state index contributed by atoms with van der Waals surface area (Å²) < 4.78 is 0. The molecule has 2 heterocycles. The van der Waals surface area contributed by atoms with E-state index in [4.69, 9.17) is 0 Å². The minimum atomic E-state index is -1.06. The lowest BCUT2D eigenvalue weighted by molar-refractivity contribution is -0.133. The summed E-state index contributed by atoms with van der Waals surface area (Å²) in [6.45, 7) is 3.67. The van der Waals surface area contributed by atoms with Crippen molar-refractivity contribution in [1.29, 1.82) is 0 Å². The average Bonchev–Trinajstić information content (AvgIpc) is 2.38. The third kappa shape index (κ3) is 2.57. The highest BCUT2D eigenvalue weighted by Crippen LogP contribution is 2.28. The number of aromatic nitrogens is 1. The Labute approximate surface area is 110 Å². The normalized spacial score (nSPS) is 19.1. The molecule has 19 heavy (non-hydrogen) atoms. The number of nitrogens with zero attached hydrogens (tertiary/aromatic N) is 1. The van der Waals surface area contributed by atoms with E-state index in [1.54, 1.807) is 24.4 Å². The fourth-order valence-electron chi connectivity index (χ4n) is 2.05. The molecule has 0 saturated heterocycles. The van der Waals surface area contributed by atoms with Gasteiger partial charge in [-0.2, -0.15) is 0 Å². The smallest absolute Gasteiger partial charge is 0.335 e. The van der Waals surface area contributed by atoms with E-state index in [-0.39, 0.29) is 11.5 Å². The van der Waals surface area contributed by atoms with Gasteiger partial charge in [0.1, 0.15) is 6.04 Å². The van der Waals surface area contributed by atoms with Crippen LogP contribution in [0.2, 0.25) is 0 Å². The van der Waals surface area contributed by atoms with Crippen LogP contribution in [-0.4, -0.2) is 22.1 Å². The van der Waals surface area contributed by atoms with Crippen LogP contribution in [0.5, 0.6) is 0 Å². The lowest BCUT2D eigenvalue weighted by Gasteiger charge is -2.29. The highest BCUT2D eigenvalue weighted by Gasteiger charge is 2.34. The molecular formula is C13H15N3O3. The van der Waals surface area contributed by atoms with Crippen LogP contribution in [0.4, 0.5) is 4.79 Å². The first-order valence-electron chi connectivity index (χ1n) is 5.96. The zero-order chi connectivity index (χ0) is 14.0. The molecule has 1 aliphatic heterocycles. The van der Waals surface area contributed by atoms with Crippen LogP contribution in [-0.2, 0) is 4.79 Å². The Kier molecular flexibility index (Phi) is 3.50. The molecule has 2 rings (SSSR count). The molecule has 6 nitrogen and oxygen atoms in total. The van der Waals surface area contributed by atoms with Crippen LogP contribution in [0.1, 0.15) is 25.6 Å². The van der Waals surface area contributed by atoms with Gasteiger partial charge in [0.2, 0.25) is 0 Å². The first kappa shape index (κ1) is 13.1. The largest absolute Gasteiger partial charge is 0.478 e. The summed E-state index contributed by atoms with van der Waals surface area (Å²) in [7, 11) is 0. The predicted molar refractivity (Wildman–Crippen MR) is 68.1 cm³/mol. The zero-order valence-corrected chi connectivity index (χ0v) is 10.7. The van der Waals surface area contributed by atoms with Gasteiger partial charge in [-0.1, -0.05) is 19.9 Å². The van der Waals surface area contributed by atoms with Gasteiger partial charge in [0.05, 0.1) is 11.3 Å². The first-order valence-corrected chi connectivity index (χ1v) is 5.96. The fraction of sp³-hybridized carbons (Fsp3) is 0.308. The van der Waals surface area contributed by atoms with Gasteiger partial charge in [0.15, 0.2) is 0 Å². The summed E-state index contributed by atoms with van der Waals surface area (Å²) in [4.78, 5) is 27.3. The summed E-state index contributed by atoms with van der Waals surface area (Å²) in [5.74, 6) is -1.16. The van der Waals surface area contributed by atoms with Crippen LogP contribution in [0.3, 0.4) is 0 Å². The summed E-state index contributed by atoms with van der Waals surface area (Å²) in [5.41, 5.74) is 1.06. The monoisotopic (exact) mass is 261 g/mol. The second kappa shape index (κ2) is 5.09. The highest BCUT2D eigenvalue weighted by molar-refractivity contribution is 5.93. The summed E-state index contributed by atoms with van der Waals surface area (Å²) in [6, 6.07) is 4.04. The molecule has 1 atom stereocenters. The molecule has 0 saturated carbocycles. The molecule has 3 N–H and O–H groups in total. The van der Waals surface area contributed by atoms with Crippen LogP contribution in [0.15, 0.2) is 35.7 Å². The van der Waals surface area contributed by atoms with E-state index in [1.807, 2.05) is 13.8 Å². The quantitative estimate of drug-likeness (QED) is 0.767. The van der Waals surface area contributed by atoms with Crippen molar-refractivity contribution in [2.75, 3.05) is 0 Å². The van der Waals surface area contributed by atoms with Crippen molar-refractivity contribution in [2.24, 2.45) is 5.92 Å². The molecule has 6 heteroatoms. The third-order valence-electron chi connectivity index (χ3n) is 2.89. The maximum Gasteiger partial charge on any atom is 0.335 e. The number of allylic oxidation sites excluding steroid dienone is 1. The van der Waals surface area contributed by atoms with Gasteiger partial charge in [-0.05, 0) is 18.1 Å². The number of hydrogen-bond donors (Lipinski definition) is 3. The molecule has 100 valence electrons. The molecule has 0 spiro atoms. The van der Waals surface area contributed by atoms with Crippen molar-refractivity contribution >= 4 is 12.0 Å². The molecule has 0 aliphatic carbocycles. The Morgan fingerprint density at radius 2 is 2.16 bits per heavy atom. The number of carbonyl (C=O) groups excluding carboxylic acids is 1. The van der Waals surface area contributed by atoms with Crippen molar-refractivity contribution in [3.63, 3.8) is 0 Å². The fourth-order valence-corrected chi connectivity index (χ4v) is 2.05. The van der Waals surface area contributed by atoms with Crippen LogP contribution in [0.25, 0.3) is 0 Å². The van der Waals surface area contributed by atoms with Gasteiger partial charge in [-0.3, -0.25) is 4.98 Å². The van der Waals surface area contributed by atoms with Gasteiger partial charge in [-0.15, -0.1) is 0 Å². The number of carboxylic acids is 1. The zero-order valence-electron chi connectivity index (χ0n) is 10.7. The maximum absolute atomic E-state index is 11.7. The molecule has 0 fully saturated rings. The van der Waals surface area contributed by atoms with Crippen LogP contribution >= 0.6 is 0 Å². The topological polar surface area (TPSA) is 91.3 Å². The minimum absolute atomic E-state index is 0.0941. The lowest BCUT2D eigenvalue weighted by atomic mass is 9.94. The SMILES string of the molecule is CC(C)C1=C(C(=O)O)C(c2ccccn2)NC(=O)N1. The Hall–Kier alpha value is -2.37. The van der Waals surface area contributed by atoms with Gasteiger partial charge in [-0.25, -0.2) is 9.59 Å².